The van der Waals surface area contributed by atoms with E-state index in [2.05, 4.69) is 5.32 Å². The lowest BCUT2D eigenvalue weighted by Gasteiger charge is -2.05. The second-order valence-corrected chi connectivity index (χ2v) is 3.55. The van der Waals surface area contributed by atoms with Gasteiger partial charge in [-0.1, -0.05) is 12.9 Å². The molecule has 1 aromatic carbocycles. The number of carbonyl (C=O) groups is 1. The lowest BCUT2D eigenvalue weighted by Crippen LogP contribution is -2.24. The maximum atomic E-state index is 10.9. The van der Waals surface area contributed by atoms with Crippen molar-refractivity contribution in [1.82, 2.24) is 0 Å². The first-order valence-corrected chi connectivity index (χ1v) is 4.69. The highest BCUT2D eigenvalue weighted by molar-refractivity contribution is 6.67. The van der Waals surface area contributed by atoms with Gasteiger partial charge < -0.3 is 9.97 Å². The monoisotopic (exact) mass is 189 g/mol. The highest BCUT2D eigenvalue weighted by Crippen LogP contribution is 2.15. The molecule has 0 aromatic heterocycles. The Balaban J connectivity index is 2.30. The second kappa shape index (κ2) is 3.46. The van der Waals surface area contributed by atoms with Crippen molar-refractivity contribution in [3.63, 3.8) is 0 Å². The van der Waals surface area contributed by atoms with E-state index in [9.17, 15) is 4.79 Å². The van der Waals surface area contributed by atoms with Gasteiger partial charge in [-0.3, -0.25) is 4.79 Å². The zero-order valence-corrected chi connectivity index (χ0v) is 8.33. The number of hydrogen-bond donors (Lipinski definition) is 1. The van der Waals surface area contributed by atoms with Crippen LogP contribution in [0.25, 0.3) is 0 Å². The van der Waals surface area contributed by atoms with E-state index in [0.717, 1.165) is 5.69 Å². The Hall–Kier alpha value is -1.29. The average molecular weight is 189 g/mol. The molecular weight excluding hydrogens is 177 g/mol. The number of rotatable bonds is 1. The van der Waals surface area contributed by atoms with Crippen LogP contribution in [0.15, 0.2) is 18.2 Å². The van der Waals surface area contributed by atoms with Crippen LogP contribution >= 0.6 is 0 Å². The van der Waals surface area contributed by atoms with Crippen molar-refractivity contribution in [2.45, 2.75) is 20.4 Å². The highest BCUT2D eigenvalue weighted by Gasteiger charge is 2.23. The van der Waals surface area contributed by atoms with Crippen LogP contribution in [-0.4, -0.2) is 12.8 Å². The average Bonchev–Trinajstić information content (AvgIpc) is 2.47. The zero-order valence-electron chi connectivity index (χ0n) is 8.33. The normalized spacial score (nSPS) is 14.0. The van der Waals surface area contributed by atoms with Crippen LogP contribution in [0.2, 0.25) is 6.82 Å². The van der Waals surface area contributed by atoms with Crippen molar-refractivity contribution in [3.05, 3.63) is 23.8 Å². The predicted octanol–water partition coefficient (Wildman–Crippen LogP) is 1.00. The fourth-order valence-electron chi connectivity index (χ4n) is 1.69. The Labute approximate surface area is 83.6 Å². The number of benzene rings is 1. The highest BCUT2D eigenvalue weighted by atomic mass is 16.4. The number of amides is 1. The topological polar surface area (TPSA) is 38.3 Å². The maximum absolute atomic E-state index is 10.9. The van der Waals surface area contributed by atoms with E-state index in [0.29, 0.717) is 6.61 Å². The fourth-order valence-corrected chi connectivity index (χ4v) is 1.69. The second-order valence-electron chi connectivity index (χ2n) is 3.55. The van der Waals surface area contributed by atoms with E-state index in [4.69, 9.17) is 4.65 Å². The van der Waals surface area contributed by atoms with E-state index in [-0.39, 0.29) is 12.8 Å². The molecule has 0 radical (unpaired) electrons. The fraction of sp³-hybridized carbons (Fsp3) is 0.300. The van der Waals surface area contributed by atoms with Gasteiger partial charge in [-0.15, -0.1) is 0 Å². The summed E-state index contributed by atoms with van der Waals surface area (Å²) in [5.41, 5.74) is 3.23. The lowest BCUT2D eigenvalue weighted by molar-refractivity contribution is -0.114. The predicted molar refractivity (Wildman–Crippen MR) is 56.8 cm³/mol. The summed E-state index contributed by atoms with van der Waals surface area (Å²) in [4.78, 5) is 10.9. The summed E-state index contributed by atoms with van der Waals surface area (Å²) in [6.45, 7) is 4.34. The summed E-state index contributed by atoms with van der Waals surface area (Å²) in [6, 6.07) is 5.89. The molecule has 0 saturated heterocycles. The van der Waals surface area contributed by atoms with Gasteiger partial charge in [-0.2, -0.15) is 0 Å². The number of fused-ring (bicyclic) bond motifs is 1. The number of hydrogen-bond acceptors (Lipinski definition) is 2. The molecule has 3 nitrogen and oxygen atoms in total. The summed E-state index contributed by atoms with van der Waals surface area (Å²) in [6.07, 6.45) is 0. The Morgan fingerprint density at radius 1 is 1.57 bits per heavy atom. The first kappa shape index (κ1) is 9.28. The van der Waals surface area contributed by atoms with Crippen LogP contribution in [0, 0.1) is 0 Å². The largest absolute Gasteiger partial charge is 0.427 e. The van der Waals surface area contributed by atoms with Crippen molar-refractivity contribution in [3.8, 4) is 0 Å². The minimum absolute atomic E-state index is 0.0449. The van der Waals surface area contributed by atoms with Crippen molar-refractivity contribution in [2.24, 2.45) is 0 Å². The molecule has 2 rings (SSSR count). The van der Waals surface area contributed by atoms with Gasteiger partial charge in [0, 0.05) is 12.6 Å². The smallest absolute Gasteiger partial charge is 0.324 e. The van der Waals surface area contributed by atoms with Crippen molar-refractivity contribution in [2.75, 3.05) is 5.32 Å². The molecule has 0 saturated carbocycles. The van der Waals surface area contributed by atoms with Crippen LogP contribution in [-0.2, 0) is 16.1 Å². The summed E-state index contributed by atoms with van der Waals surface area (Å²) in [7, 11) is 0. The van der Waals surface area contributed by atoms with E-state index in [1.165, 1.54) is 17.9 Å². The number of nitrogens with one attached hydrogen (secondary N) is 1. The minimum atomic E-state index is -0.0449. The molecule has 0 spiro atoms. The van der Waals surface area contributed by atoms with Gasteiger partial charge in [-0.25, -0.2) is 0 Å². The van der Waals surface area contributed by atoms with Crippen molar-refractivity contribution < 1.29 is 9.45 Å². The Morgan fingerprint density at radius 2 is 2.36 bits per heavy atom. The molecule has 1 amide bonds. The first-order valence-electron chi connectivity index (χ1n) is 4.69. The van der Waals surface area contributed by atoms with Gasteiger partial charge in [-0.05, 0) is 23.2 Å². The van der Waals surface area contributed by atoms with Crippen molar-refractivity contribution in [1.29, 1.82) is 0 Å². The molecule has 1 heterocycles. The van der Waals surface area contributed by atoms with Gasteiger partial charge in [0.15, 0.2) is 0 Å². The molecule has 4 heteroatoms. The van der Waals surface area contributed by atoms with E-state index in [1.807, 2.05) is 25.0 Å². The van der Waals surface area contributed by atoms with E-state index in [1.54, 1.807) is 0 Å². The van der Waals surface area contributed by atoms with Crippen molar-refractivity contribution >= 4 is 24.0 Å². The molecule has 0 fully saturated rings. The SMILES string of the molecule is CB1OCc2ccc(NC(C)=O)cc21. The molecule has 1 aromatic rings. The molecule has 1 N–H and O–H groups in total. The first-order chi connectivity index (χ1) is 6.66. The summed E-state index contributed by atoms with van der Waals surface area (Å²) < 4.78 is 5.47. The van der Waals surface area contributed by atoms with Gasteiger partial charge in [0.2, 0.25) is 5.91 Å². The molecular formula is C10H12BNO2. The van der Waals surface area contributed by atoms with Crippen LogP contribution in [0.3, 0.4) is 0 Å². The molecule has 0 aliphatic carbocycles. The summed E-state index contributed by atoms with van der Waals surface area (Å²) >= 11 is 0. The van der Waals surface area contributed by atoms with E-state index < -0.39 is 0 Å². The number of carbonyl (C=O) groups excluding carboxylic acids is 1. The molecule has 0 bridgehead atoms. The van der Waals surface area contributed by atoms with Crippen LogP contribution < -0.4 is 10.8 Å². The molecule has 0 unspecified atom stereocenters. The molecule has 72 valence electrons. The third kappa shape index (κ3) is 1.66. The third-order valence-corrected chi connectivity index (χ3v) is 2.39. The lowest BCUT2D eigenvalue weighted by atomic mass is 9.64. The molecule has 1 aliphatic rings. The zero-order chi connectivity index (χ0) is 10.1. The molecule has 0 atom stereocenters. The Bertz CT molecular complexity index is 378. The van der Waals surface area contributed by atoms with Gasteiger partial charge in [0.1, 0.15) is 0 Å². The Kier molecular flexibility index (Phi) is 2.29. The molecule has 14 heavy (non-hydrogen) atoms. The minimum Gasteiger partial charge on any atom is -0.427 e. The van der Waals surface area contributed by atoms with Crippen LogP contribution in [0.4, 0.5) is 5.69 Å². The quantitative estimate of drug-likeness (QED) is 0.669. The van der Waals surface area contributed by atoms with Crippen LogP contribution in [0.1, 0.15) is 12.5 Å². The molecule has 1 aliphatic heterocycles. The maximum Gasteiger partial charge on any atom is 0.324 e. The van der Waals surface area contributed by atoms with Crippen LogP contribution in [0.5, 0.6) is 0 Å². The third-order valence-electron chi connectivity index (χ3n) is 2.39. The van der Waals surface area contributed by atoms with E-state index >= 15 is 0 Å². The van der Waals surface area contributed by atoms with Gasteiger partial charge >= 0.3 is 6.92 Å². The van der Waals surface area contributed by atoms with Gasteiger partial charge in [0.25, 0.3) is 0 Å². The summed E-state index contributed by atoms with van der Waals surface area (Å²) in [5.74, 6) is -0.0449. The standard InChI is InChI=1S/C10H12BNO2/c1-7(13)12-9-4-3-8-6-14-11(2)10(8)5-9/h3-5H,6H2,1-2H3,(H,12,13). The number of anilines is 1. The Morgan fingerprint density at radius 3 is 3.07 bits per heavy atom. The van der Waals surface area contributed by atoms with Gasteiger partial charge in [0.05, 0.1) is 6.61 Å². The summed E-state index contributed by atoms with van der Waals surface area (Å²) in [5, 5.41) is 2.76.